The van der Waals surface area contributed by atoms with Crippen LogP contribution in [-0.4, -0.2) is 143 Å². The van der Waals surface area contributed by atoms with Crippen LogP contribution in [0.15, 0.2) is 49.0 Å². The number of hydrogen-bond acceptors (Lipinski definition) is 12. The molecule has 72 heavy (non-hydrogen) atoms. The molecule has 0 radical (unpaired) electrons. The summed E-state index contributed by atoms with van der Waals surface area (Å²) in [5.74, 6) is 0.706. The number of nitrogens with one attached hydrogen (secondary N) is 3. The molecule has 5 amide bonds. The molecule has 0 saturated carbocycles. The van der Waals surface area contributed by atoms with Crippen LogP contribution in [0.3, 0.4) is 0 Å². The van der Waals surface area contributed by atoms with Gasteiger partial charge in [0.15, 0.2) is 0 Å². The molecule has 0 spiro atoms. The summed E-state index contributed by atoms with van der Waals surface area (Å²) in [6.45, 7) is 45.4. The van der Waals surface area contributed by atoms with E-state index in [-0.39, 0.29) is 42.1 Å². The van der Waals surface area contributed by atoms with E-state index in [1.807, 2.05) is 91.7 Å². The van der Waals surface area contributed by atoms with Crippen molar-refractivity contribution in [2.24, 2.45) is 11.8 Å². The first-order valence-electron chi connectivity index (χ1n) is 25.7. The number of methoxy groups -OCH3 is 2. The predicted octanol–water partition coefficient (Wildman–Crippen LogP) is 10.0. The van der Waals surface area contributed by atoms with Gasteiger partial charge in [-0.2, -0.15) is 0 Å². The van der Waals surface area contributed by atoms with Crippen molar-refractivity contribution in [1.29, 1.82) is 0 Å². The molecule has 2 heterocycles. The van der Waals surface area contributed by atoms with E-state index in [1.165, 1.54) is 23.3 Å². The Labute approximate surface area is 444 Å². The van der Waals surface area contributed by atoms with Crippen molar-refractivity contribution in [1.82, 2.24) is 30.7 Å². The first-order chi connectivity index (χ1) is 34.3. The molecule has 5 atom stereocenters. The number of aldehydes is 1. The zero-order chi connectivity index (χ0) is 57.3. The van der Waals surface area contributed by atoms with E-state index < -0.39 is 0 Å². The summed E-state index contributed by atoms with van der Waals surface area (Å²) in [7, 11) is 5.17. The van der Waals surface area contributed by atoms with E-state index in [0.717, 1.165) is 49.9 Å². The van der Waals surface area contributed by atoms with Gasteiger partial charge >= 0.3 is 0 Å². The minimum atomic E-state index is -0.199. The highest BCUT2D eigenvalue weighted by Gasteiger charge is 2.33. The van der Waals surface area contributed by atoms with E-state index in [4.69, 9.17) is 18.9 Å². The van der Waals surface area contributed by atoms with Crippen LogP contribution in [0.1, 0.15) is 161 Å². The number of likely N-dealkylation sites (N-methyl/N-ethyl adjacent to an activating group) is 1. The molecule has 1 fully saturated rings. The van der Waals surface area contributed by atoms with E-state index in [2.05, 4.69) is 82.2 Å². The number of aromatic nitrogens is 1. The van der Waals surface area contributed by atoms with Crippen LogP contribution in [0, 0.1) is 11.8 Å². The molecule has 1 aliphatic rings. The van der Waals surface area contributed by atoms with Gasteiger partial charge in [0.2, 0.25) is 31.0 Å². The number of ether oxygens (including phenoxy) is 4. The van der Waals surface area contributed by atoms with Crippen LogP contribution < -0.4 is 16.0 Å². The van der Waals surface area contributed by atoms with Crippen LogP contribution >= 0.6 is 11.3 Å². The highest BCUT2D eigenvalue weighted by molar-refractivity contribution is 7.09. The standard InChI is InChI=1S/C13H26N2O3.C12H23NO4.C10H19NO2.C6H10.C5H6N2OS.C3H8.2C2H6.C2H4/c1-6-10(3)13(11(7-2)18-5)15(4)12(17)8-14-9-16;1-12(2,3)13-11(15)5-8-17-10-9-16-7-4-6-14;1-8(2)10(13-3)9-5-4-6-11(9)7-12;1-4-6(3)5-2;8-4-6-3-5-7-1-2-9-5;1-3-2;3*1-2/h9-11,13H,6-8H2,1-5H3,(H,14,16);6H,4-5,7-10H2,1-3H3,(H,13,15);7-10H,4-6H2,1-3H3;4-5H,1H2,2-3H3;1-2,4H,3H2,(H,6,8);3H2,1-2H3;2*1-2H3;1-2H2/b;;;6-5-;;;;;. The average molecular weight is 1050 g/mol. The van der Waals surface area contributed by atoms with Gasteiger partial charge in [-0.05, 0) is 65.7 Å². The fourth-order valence-corrected chi connectivity index (χ4v) is 6.63. The van der Waals surface area contributed by atoms with Crippen molar-refractivity contribution >= 4 is 48.7 Å². The van der Waals surface area contributed by atoms with Gasteiger partial charge in [0.05, 0.1) is 63.8 Å². The number of amides is 5. The van der Waals surface area contributed by atoms with Gasteiger partial charge in [-0.25, -0.2) is 4.98 Å². The number of hydrogen-bond donors (Lipinski definition) is 3. The molecule has 5 unspecified atom stereocenters. The Hall–Kier alpha value is -4.29. The van der Waals surface area contributed by atoms with Gasteiger partial charge in [-0.1, -0.05) is 113 Å². The van der Waals surface area contributed by atoms with Crippen molar-refractivity contribution in [2.75, 3.05) is 60.8 Å². The van der Waals surface area contributed by atoms with E-state index in [1.54, 1.807) is 32.4 Å². The number of rotatable bonds is 26. The fourth-order valence-electron chi connectivity index (χ4n) is 6.06. The summed E-state index contributed by atoms with van der Waals surface area (Å²) in [5.41, 5.74) is 1.03. The summed E-state index contributed by atoms with van der Waals surface area (Å²) in [5, 5.41) is 10.6. The SMILES string of the molecule is C=C.C=C/C(C)=C\C.CC.CC.CC(C)(C)NC(=O)CCOCCOCCC=O.CCC.CCC(C)C(C(CC)OC)N(C)C(=O)CNC=O.COC(C(C)C)C1CCCN1C=O.O=CNCc1nccs1. The molecule has 1 aromatic rings. The number of thiazole rings is 1. The van der Waals surface area contributed by atoms with Crippen molar-refractivity contribution in [3.63, 3.8) is 0 Å². The number of likely N-dealkylation sites (tertiary alicyclic amines) is 1. The van der Waals surface area contributed by atoms with E-state index >= 15 is 0 Å². The second kappa shape index (κ2) is 61.0. The second-order valence-electron chi connectivity index (χ2n) is 16.7. The molecule has 16 nitrogen and oxygen atoms in total. The molecular weight excluding hydrogens is 937 g/mol. The smallest absolute Gasteiger partial charge is 0.242 e. The maximum absolute atomic E-state index is 11.9. The van der Waals surface area contributed by atoms with E-state index in [9.17, 15) is 28.8 Å². The van der Waals surface area contributed by atoms with Crippen molar-refractivity contribution in [3.8, 4) is 0 Å². The Bertz CT molecular complexity index is 1390. The van der Waals surface area contributed by atoms with Gasteiger partial charge in [0.25, 0.3) is 0 Å². The Balaban J connectivity index is -0.000000145. The molecule has 424 valence electrons. The summed E-state index contributed by atoms with van der Waals surface area (Å²) in [4.78, 5) is 71.5. The number of allylic oxidation sites excluding steroid dienone is 3. The van der Waals surface area contributed by atoms with Crippen molar-refractivity contribution in [2.45, 2.75) is 192 Å². The Morgan fingerprint density at radius 2 is 1.47 bits per heavy atom. The average Bonchev–Trinajstić information content (AvgIpc) is 4.10. The number of carbonyl (C=O) groups is 6. The third-order valence-corrected chi connectivity index (χ3v) is 10.4. The van der Waals surface area contributed by atoms with Crippen molar-refractivity contribution in [3.05, 3.63) is 54.0 Å². The first kappa shape index (κ1) is 81.8. The summed E-state index contributed by atoms with van der Waals surface area (Å²) >= 11 is 1.53. The highest BCUT2D eigenvalue weighted by atomic mass is 32.1. The van der Waals surface area contributed by atoms with Crippen LogP contribution in [0.5, 0.6) is 0 Å². The fraction of sp³-hybridized carbons (Fsp3) is 0.727. The van der Waals surface area contributed by atoms with Crippen LogP contribution in [0.25, 0.3) is 0 Å². The van der Waals surface area contributed by atoms with Gasteiger partial charge in [-0.3, -0.25) is 24.0 Å². The lowest BCUT2D eigenvalue weighted by atomic mass is 9.91. The molecule has 1 aromatic heterocycles. The lowest BCUT2D eigenvalue weighted by molar-refractivity contribution is -0.136. The van der Waals surface area contributed by atoms with Gasteiger partial charge in [0, 0.05) is 57.8 Å². The monoisotopic (exact) mass is 1040 g/mol. The van der Waals surface area contributed by atoms with Gasteiger partial charge in [0.1, 0.15) is 11.3 Å². The van der Waals surface area contributed by atoms with Crippen LogP contribution in [0.2, 0.25) is 0 Å². The summed E-state index contributed by atoms with van der Waals surface area (Å²) in [6.07, 6.45) is 14.8. The normalized spacial score (nSPS) is 13.6. The molecule has 2 rings (SSSR count). The molecular formula is C55H108N6O10S. The molecule has 1 aliphatic heterocycles. The summed E-state index contributed by atoms with van der Waals surface area (Å²) < 4.78 is 21.2. The van der Waals surface area contributed by atoms with Crippen LogP contribution in [0.4, 0.5) is 0 Å². The maximum atomic E-state index is 11.9. The second-order valence-corrected chi connectivity index (χ2v) is 17.6. The molecule has 17 heteroatoms. The minimum absolute atomic E-state index is 0.0145. The highest BCUT2D eigenvalue weighted by Crippen LogP contribution is 2.24. The zero-order valence-corrected chi connectivity index (χ0v) is 49.8. The first-order valence-corrected chi connectivity index (χ1v) is 26.6. The largest absolute Gasteiger partial charge is 0.379 e. The number of carbonyl (C=O) groups excluding carboxylic acids is 6. The van der Waals surface area contributed by atoms with Gasteiger partial charge < -0.3 is 49.5 Å². The third-order valence-electron chi connectivity index (χ3n) is 9.61. The Morgan fingerprint density at radius 3 is 1.85 bits per heavy atom. The Morgan fingerprint density at radius 1 is 0.917 bits per heavy atom. The summed E-state index contributed by atoms with van der Waals surface area (Å²) in [6, 6.07) is 0.327. The number of nitrogens with zero attached hydrogens (tertiary/aromatic N) is 3. The zero-order valence-electron chi connectivity index (χ0n) is 48.9. The van der Waals surface area contributed by atoms with Gasteiger partial charge in [-0.15, -0.1) is 24.5 Å². The van der Waals surface area contributed by atoms with E-state index in [0.29, 0.717) is 76.5 Å². The topological polar surface area (TPSA) is 195 Å². The molecule has 0 bridgehead atoms. The minimum Gasteiger partial charge on any atom is -0.379 e. The maximum Gasteiger partial charge on any atom is 0.242 e. The Kier molecular flexibility index (Phi) is 69.3. The lowest BCUT2D eigenvalue weighted by Gasteiger charge is -2.37. The molecule has 1 saturated heterocycles. The molecule has 0 aromatic carbocycles. The lowest BCUT2D eigenvalue weighted by Crippen LogP contribution is -2.51. The quantitative estimate of drug-likeness (QED) is 0.0346. The third kappa shape index (κ3) is 50.6. The van der Waals surface area contributed by atoms with Crippen molar-refractivity contribution < 1.29 is 47.7 Å². The predicted molar refractivity (Wildman–Crippen MR) is 302 cm³/mol. The van der Waals surface area contributed by atoms with Crippen LogP contribution in [-0.2, 0) is 54.3 Å². The molecule has 0 aliphatic carbocycles. The molecule has 3 N–H and O–H groups in total.